The van der Waals surface area contributed by atoms with Gasteiger partial charge in [-0.2, -0.15) is 4.31 Å². The van der Waals surface area contributed by atoms with Gasteiger partial charge in [-0.05, 0) is 35.8 Å². The van der Waals surface area contributed by atoms with E-state index in [0.29, 0.717) is 16.3 Å². The van der Waals surface area contributed by atoms with Gasteiger partial charge in [-0.15, -0.1) is 11.3 Å². The maximum absolute atomic E-state index is 12.4. The molecule has 0 aliphatic rings. The summed E-state index contributed by atoms with van der Waals surface area (Å²) in [5, 5.41) is 3.80. The van der Waals surface area contributed by atoms with Gasteiger partial charge in [0.25, 0.3) is 0 Å². The van der Waals surface area contributed by atoms with Gasteiger partial charge in [0.1, 0.15) is 5.76 Å². The van der Waals surface area contributed by atoms with Crippen molar-refractivity contribution in [2.75, 3.05) is 7.05 Å². The molecule has 0 fully saturated rings. The van der Waals surface area contributed by atoms with E-state index in [1.54, 1.807) is 26.0 Å². The van der Waals surface area contributed by atoms with Crippen LogP contribution in [-0.2, 0) is 16.6 Å². The Balaban J connectivity index is 2.27. The van der Waals surface area contributed by atoms with Gasteiger partial charge in [0, 0.05) is 18.0 Å². The number of hydrogen-bond donors (Lipinski definition) is 0. The molecular formula is C11H13BrN2O3S2. The monoisotopic (exact) mass is 364 g/mol. The molecule has 0 unspecified atom stereocenters. The SMILES string of the molecule is Cc1cc(CN(C)S(=O)(=O)c2cc(Br)sc2C)no1. The van der Waals surface area contributed by atoms with Crippen LogP contribution in [0.1, 0.15) is 16.3 Å². The van der Waals surface area contributed by atoms with Crippen LogP contribution in [0, 0.1) is 13.8 Å². The smallest absolute Gasteiger partial charge is 0.244 e. The Morgan fingerprint density at radius 3 is 2.58 bits per heavy atom. The normalized spacial score (nSPS) is 12.3. The zero-order chi connectivity index (χ0) is 14.2. The molecule has 0 aliphatic carbocycles. The summed E-state index contributed by atoms with van der Waals surface area (Å²) in [6, 6.07) is 3.35. The van der Waals surface area contributed by atoms with Gasteiger partial charge >= 0.3 is 0 Å². The Bertz CT molecular complexity index is 691. The van der Waals surface area contributed by atoms with E-state index in [9.17, 15) is 8.42 Å². The standard InChI is InChI=1S/C11H13BrN2O3S2/c1-7-4-9(13-17-7)6-14(3)19(15,16)10-5-11(12)18-8(10)2/h4-5H,6H2,1-3H3. The van der Waals surface area contributed by atoms with E-state index in [2.05, 4.69) is 21.1 Å². The molecule has 0 saturated heterocycles. The molecule has 0 N–H and O–H groups in total. The minimum atomic E-state index is -3.51. The minimum Gasteiger partial charge on any atom is -0.361 e. The summed E-state index contributed by atoms with van der Waals surface area (Å²) in [5.41, 5.74) is 0.593. The summed E-state index contributed by atoms with van der Waals surface area (Å²) in [6.07, 6.45) is 0. The van der Waals surface area contributed by atoms with E-state index < -0.39 is 10.0 Å². The molecule has 0 atom stereocenters. The van der Waals surface area contributed by atoms with Gasteiger partial charge in [0.2, 0.25) is 10.0 Å². The van der Waals surface area contributed by atoms with Crippen molar-refractivity contribution in [3.63, 3.8) is 0 Å². The number of sulfonamides is 1. The zero-order valence-electron chi connectivity index (χ0n) is 10.7. The number of hydrogen-bond acceptors (Lipinski definition) is 5. The molecular weight excluding hydrogens is 352 g/mol. The predicted molar refractivity (Wildman–Crippen MR) is 76.6 cm³/mol. The third-order valence-electron chi connectivity index (χ3n) is 2.59. The van der Waals surface area contributed by atoms with E-state index >= 15 is 0 Å². The fraction of sp³-hybridized carbons (Fsp3) is 0.364. The van der Waals surface area contributed by atoms with Crippen LogP contribution in [-0.4, -0.2) is 24.9 Å². The van der Waals surface area contributed by atoms with E-state index in [-0.39, 0.29) is 6.54 Å². The maximum atomic E-state index is 12.4. The molecule has 2 rings (SSSR count). The summed E-state index contributed by atoms with van der Waals surface area (Å²) < 4.78 is 31.9. The minimum absolute atomic E-state index is 0.187. The van der Waals surface area contributed by atoms with Crippen LogP contribution in [0.2, 0.25) is 0 Å². The van der Waals surface area contributed by atoms with Crippen molar-refractivity contribution in [1.29, 1.82) is 0 Å². The molecule has 0 spiro atoms. The molecule has 0 aliphatic heterocycles. The van der Waals surface area contributed by atoms with Gasteiger partial charge in [0.15, 0.2) is 0 Å². The average molecular weight is 365 g/mol. The van der Waals surface area contributed by atoms with Crippen molar-refractivity contribution in [2.24, 2.45) is 0 Å². The van der Waals surface area contributed by atoms with Crippen LogP contribution in [0.5, 0.6) is 0 Å². The first-order valence-corrected chi connectivity index (χ1v) is 8.50. The molecule has 104 valence electrons. The first-order chi connectivity index (χ1) is 8.80. The molecule has 0 radical (unpaired) electrons. The largest absolute Gasteiger partial charge is 0.361 e. The number of thiophene rings is 1. The third kappa shape index (κ3) is 3.07. The highest BCUT2D eigenvalue weighted by Crippen LogP contribution is 2.31. The molecule has 8 heteroatoms. The number of rotatable bonds is 4. The van der Waals surface area contributed by atoms with Gasteiger partial charge in [-0.3, -0.25) is 0 Å². The Hall–Kier alpha value is -0.700. The molecule has 19 heavy (non-hydrogen) atoms. The summed E-state index contributed by atoms with van der Waals surface area (Å²) in [7, 11) is -1.97. The van der Waals surface area contributed by atoms with Crippen molar-refractivity contribution < 1.29 is 12.9 Å². The van der Waals surface area contributed by atoms with E-state index in [0.717, 1.165) is 8.66 Å². The second-order valence-electron chi connectivity index (χ2n) is 4.16. The molecule has 2 aromatic rings. The molecule has 2 heterocycles. The maximum Gasteiger partial charge on any atom is 0.244 e. The van der Waals surface area contributed by atoms with E-state index in [1.807, 2.05) is 0 Å². The summed E-state index contributed by atoms with van der Waals surface area (Å²) in [4.78, 5) is 1.09. The lowest BCUT2D eigenvalue weighted by atomic mass is 10.4. The quantitative estimate of drug-likeness (QED) is 0.836. The lowest BCUT2D eigenvalue weighted by molar-refractivity contribution is 0.378. The average Bonchev–Trinajstić information content (AvgIpc) is 2.85. The van der Waals surface area contributed by atoms with Crippen LogP contribution in [0.3, 0.4) is 0 Å². The van der Waals surface area contributed by atoms with Gasteiger partial charge in [-0.1, -0.05) is 5.16 Å². The van der Waals surface area contributed by atoms with Crippen molar-refractivity contribution >= 4 is 37.3 Å². The van der Waals surface area contributed by atoms with E-state index in [1.165, 1.54) is 22.7 Å². The Morgan fingerprint density at radius 1 is 1.42 bits per heavy atom. The van der Waals surface area contributed by atoms with Crippen LogP contribution >= 0.6 is 27.3 Å². The summed E-state index contributed by atoms with van der Waals surface area (Å²) >= 11 is 4.70. The highest BCUT2D eigenvalue weighted by Gasteiger charge is 2.25. The molecule has 0 bridgehead atoms. The van der Waals surface area contributed by atoms with Gasteiger partial charge in [-0.25, -0.2) is 8.42 Å². The fourth-order valence-corrected chi connectivity index (χ4v) is 5.18. The Labute approximate surface area is 124 Å². The highest BCUT2D eigenvalue weighted by atomic mass is 79.9. The zero-order valence-corrected chi connectivity index (χ0v) is 13.9. The Morgan fingerprint density at radius 2 is 2.11 bits per heavy atom. The molecule has 0 amide bonds. The van der Waals surface area contributed by atoms with Crippen molar-refractivity contribution in [3.8, 4) is 0 Å². The second kappa shape index (κ2) is 5.35. The Kier molecular flexibility index (Phi) is 4.14. The van der Waals surface area contributed by atoms with Gasteiger partial charge in [0.05, 0.1) is 20.9 Å². The van der Waals surface area contributed by atoms with E-state index in [4.69, 9.17) is 4.52 Å². The lowest BCUT2D eigenvalue weighted by Crippen LogP contribution is -2.26. The topological polar surface area (TPSA) is 63.4 Å². The molecule has 0 aromatic carbocycles. The first kappa shape index (κ1) is 14.7. The summed E-state index contributed by atoms with van der Waals surface area (Å²) in [6.45, 7) is 3.74. The number of aromatic nitrogens is 1. The van der Waals surface area contributed by atoms with Crippen LogP contribution in [0.4, 0.5) is 0 Å². The van der Waals surface area contributed by atoms with Crippen LogP contribution < -0.4 is 0 Å². The first-order valence-electron chi connectivity index (χ1n) is 5.45. The predicted octanol–water partition coefficient (Wildman–Crippen LogP) is 2.94. The number of nitrogens with zero attached hydrogens (tertiary/aromatic N) is 2. The van der Waals surface area contributed by atoms with Gasteiger partial charge < -0.3 is 4.52 Å². The van der Waals surface area contributed by atoms with Crippen molar-refractivity contribution in [1.82, 2.24) is 9.46 Å². The lowest BCUT2D eigenvalue weighted by Gasteiger charge is -2.15. The third-order valence-corrected chi connectivity index (χ3v) is 6.20. The summed E-state index contributed by atoms with van der Waals surface area (Å²) in [5.74, 6) is 0.662. The molecule has 2 aromatic heterocycles. The molecule has 5 nitrogen and oxygen atoms in total. The van der Waals surface area contributed by atoms with Crippen molar-refractivity contribution in [2.45, 2.75) is 25.3 Å². The fourth-order valence-electron chi connectivity index (χ4n) is 1.66. The number of aryl methyl sites for hydroxylation is 2. The second-order valence-corrected chi connectivity index (χ2v) is 8.81. The molecule has 0 saturated carbocycles. The highest BCUT2D eigenvalue weighted by molar-refractivity contribution is 9.11. The number of halogens is 1. The van der Waals surface area contributed by atoms with Crippen LogP contribution in [0.25, 0.3) is 0 Å². The van der Waals surface area contributed by atoms with Crippen molar-refractivity contribution in [3.05, 3.63) is 32.3 Å². The van der Waals surface area contributed by atoms with Crippen LogP contribution in [0.15, 0.2) is 25.3 Å².